The predicted octanol–water partition coefficient (Wildman–Crippen LogP) is 3.52. The van der Waals surface area contributed by atoms with Crippen LogP contribution in [-0.4, -0.2) is 31.6 Å². The van der Waals surface area contributed by atoms with E-state index < -0.39 is 18.5 Å². The van der Waals surface area contributed by atoms with E-state index in [2.05, 4.69) is 15.4 Å². The van der Waals surface area contributed by atoms with Crippen LogP contribution in [0.2, 0.25) is 0 Å². The first-order valence-corrected chi connectivity index (χ1v) is 7.84. The molecule has 2 N–H and O–H groups in total. The highest BCUT2D eigenvalue weighted by Gasteiger charge is 2.11. The number of hydrogen-bond acceptors (Lipinski definition) is 5. The molecule has 0 aliphatic heterocycles. The number of rotatable bonds is 8. The van der Waals surface area contributed by atoms with E-state index in [0.717, 1.165) is 0 Å². The third-order valence-corrected chi connectivity index (χ3v) is 3.23. The largest absolute Gasteiger partial charge is 0.462 e. The molecule has 0 heterocycles. The number of benzene rings is 2. The zero-order chi connectivity index (χ0) is 18.9. The Hall–Kier alpha value is -3.16. The van der Waals surface area contributed by atoms with Crippen LogP contribution >= 0.6 is 0 Å². The summed E-state index contributed by atoms with van der Waals surface area (Å²) in [4.78, 5) is 23.6. The maximum atomic E-state index is 12.4. The van der Waals surface area contributed by atoms with Crippen molar-refractivity contribution in [3.63, 3.8) is 0 Å². The Morgan fingerprint density at radius 3 is 2.42 bits per heavy atom. The van der Waals surface area contributed by atoms with E-state index in [-0.39, 0.29) is 24.6 Å². The topological polar surface area (TPSA) is 76.7 Å². The van der Waals surface area contributed by atoms with E-state index in [1.165, 1.54) is 18.2 Å². The van der Waals surface area contributed by atoms with Gasteiger partial charge in [0.15, 0.2) is 0 Å². The van der Waals surface area contributed by atoms with Crippen molar-refractivity contribution in [1.29, 1.82) is 0 Å². The van der Waals surface area contributed by atoms with Crippen molar-refractivity contribution in [3.05, 3.63) is 54.1 Å². The SMILES string of the molecule is CCOC(=O)c1ccc(NCC(=O)Nc2ccccc2OC(F)F)cc1. The Balaban J connectivity index is 1.90. The fourth-order valence-electron chi connectivity index (χ4n) is 2.08. The highest BCUT2D eigenvalue weighted by molar-refractivity contribution is 5.95. The van der Waals surface area contributed by atoms with Crippen molar-refractivity contribution in [2.24, 2.45) is 0 Å². The van der Waals surface area contributed by atoms with E-state index in [1.54, 1.807) is 37.3 Å². The molecule has 0 bridgehead atoms. The van der Waals surface area contributed by atoms with Gasteiger partial charge in [0.05, 0.1) is 24.4 Å². The number of hydrogen-bond donors (Lipinski definition) is 2. The smallest absolute Gasteiger partial charge is 0.387 e. The van der Waals surface area contributed by atoms with E-state index in [9.17, 15) is 18.4 Å². The number of alkyl halides is 2. The van der Waals surface area contributed by atoms with E-state index in [1.807, 2.05) is 0 Å². The summed E-state index contributed by atoms with van der Waals surface area (Å²) in [6.45, 7) is -1.07. The van der Waals surface area contributed by atoms with Crippen LogP contribution in [0.3, 0.4) is 0 Å². The van der Waals surface area contributed by atoms with Crippen molar-refractivity contribution < 1.29 is 27.8 Å². The molecule has 6 nitrogen and oxygen atoms in total. The minimum atomic E-state index is -2.98. The predicted molar refractivity (Wildman–Crippen MR) is 92.6 cm³/mol. The molecule has 138 valence electrons. The van der Waals surface area contributed by atoms with Gasteiger partial charge in [-0.3, -0.25) is 4.79 Å². The molecule has 2 aromatic rings. The van der Waals surface area contributed by atoms with Gasteiger partial charge in [-0.2, -0.15) is 8.78 Å². The number of nitrogens with one attached hydrogen (secondary N) is 2. The van der Waals surface area contributed by atoms with Crippen LogP contribution in [0.15, 0.2) is 48.5 Å². The zero-order valence-corrected chi connectivity index (χ0v) is 14.0. The van der Waals surface area contributed by atoms with Crippen LogP contribution in [0.5, 0.6) is 5.75 Å². The first-order valence-electron chi connectivity index (χ1n) is 7.84. The molecule has 0 saturated carbocycles. The molecule has 0 radical (unpaired) electrons. The minimum absolute atomic E-state index is 0.0955. The van der Waals surface area contributed by atoms with Crippen LogP contribution in [0, 0.1) is 0 Å². The molecule has 2 aromatic carbocycles. The second kappa shape index (κ2) is 9.36. The van der Waals surface area contributed by atoms with Crippen LogP contribution in [0.25, 0.3) is 0 Å². The normalized spacial score (nSPS) is 10.3. The van der Waals surface area contributed by atoms with Crippen molar-refractivity contribution in [2.75, 3.05) is 23.8 Å². The van der Waals surface area contributed by atoms with Gasteiger partial charge >= 0.3 is 12.6 Å². The third kappa shape index (κ3) is 5.73. The van der Waals surface area contributed by atoms with Crippen LogP contribution < -0.4 is 15.4 Å². The Morgan fingerprint density at radius 1 is 1.08 bits per heavy atom. The van der Waals surface area contributed by atoms with E-state index >= 15 is 0 Å². The van der Waals surface area contributed by atoms with Crippen molar-refractivity contribution in [1.82, 2.24) is 0 Å². The van der Waals surface area contributed by atoms with Crippen molar-refractivity contribution in [2.45, 2.75) is 13.5 Å². The monoisotopic (exact) mass is 364 g/mol. The molecule has 0 saturated heterocycles. The Labute approximate surface area is 149 Å². The molecule has 0 aliphatic carbocycles. The van der Waals surface area contributed by atoms with Crippen LogP contribution in [-0.2, 0) is 9.53 Å². The maximum absolute atomic E-state index is 12.4. The number of esters is 1. The van der Waals surface area contributed by atoms with Crippen LogP contribution in [0.4, 0.5) is 20.2 Å². The zero-order valence-electron chi connectivity index (χ0n) is 14.0. The fourth-order valence-corrected chi connectivity index (χ4v) is 2.08. The number of halogens is 2. The Morgan fingerprint density at radius 2 is 1.77 bits per heavy atom. The molecule has 1 amide bonds. The number of amides is 1. The summed E-state index contributed by atoms with van der Waals surface area (Å²) in [5, 5.41) is 5.37. The van der Waals surface area contributed by atoms with Crippen molar-refractivity contribution >= 4 is 23.3 Å². The maximum Gasteiger partial charge on any atom is 0.387 e. The highest BCUT2D eigenvalue weighted by Crippen LogP contribution is 2.25. The third-order valence-electron chi connectivity index (χ3n) is 3.23. The molecule has 0 aromatic heterocycles. The molecule has 0 aliphatic rings. The van der Waals surface area contributed by atoms with Crippen LogP contribution in [0.1, 0.15) is 17.3 Å². The summed E-state index contributed by atoms with van der Waals surface area (Å²) < 4.78 is 34.0. The summed E-state index contributed by atoms with van der Waals surface area (Å²) in [5.74, 6) is -0.980. The second-order valence-electron chi connectivity index (χ2n) is 5.07. The van der Waals surface area contributed by atoms with Crippen molar-refractivity contribution in [3.8, 4) is 5.75 Å². The molecule has 2 rings (SSSR count). The quantitative estimate of drug-likeness (QED) is 0.701. The highest BCUT2D eigenvalue weighted by atomic mass is 19.3. The average molecular weight is 364 g/mol. The van der Waals surface area contributed by atoms with E-state index in [4.69, 9.17) is 4.74 Å². The molecular weight excluding hydrogens is 346 g/mol. The van der Waals surface area contributed by atoms with Gasteiger partial charge in [0.25, 0.3) is 0 Å². The summed E-state index contributed by atoms with van der Waals surface area (Å²) in [6.07, 6.45) is 0. The number of para-hydroxylation sites is 2. The molecule has 8 heteroatoms. The van der Waals surface area contributed by atoms with Gasteiger partial charge in [0.2, 0.25) is 5.91 Å². The van der Waals surface area contributed by atoms with Gasteiger partial charge in [-0.05, 0) is 43.3 Å². The van der Waals surface area contributed by atoms with Gasteiger partial charge < -0.3 is 20.1 Å². The summed E-state index contributed by atoms with van der Waals surface area (Å²) in [5.41, 5.74) is 1.17. The molecule has 0 unspecified atom stereocenters. The summed E-state index contributed by atoms with van der Waals surface area (Å²) in [7, 11) is 0. The number of ether oxygens (including phenoxy) is 2. The van der Waals surface area contributed by atoms with Gasteiger partial charge in [-0.25, -0.2) is 4.79 Å². The second-order valence-corrected chi connectivity index (χ2v) is 5.07. The van der Waals surface area contributed by atoms with Gasteiger partial charge in [-0.15, -0.1) is 0 Å². The number of anilines is 2. The van der Waals surface area contributed by atoms with Gasteiger partial charge in [-0.1, -0.05) is 12.1 Å². The number of carbonyl (C=O) groups is 2. The lowest BCUT2D eigenvalue weighted by molar-refractivity contribution is -0.114. The molecule has 0 spiro atoms. The lowest BCUT2D eigenvalue weighted by Crippen LogP contribution is -2.22. The average Bonchev–Trinajstić information content (AvgIpc) is 2.62. The minimum Gasteiger partial charge on any atom is -0.462 e. The molecular formula is C18H18F2N2O4. The molecule has 0 fully saturated rings. The van der Waals surface area contributed by atoms with Gasteiger partial charge in [0.1, 0.15) is 5.75 Å². The summed E-state index contributed by atoms with van der Waals surface area (Å²) >= 11 is 0. The van der Waals surface area contributed by atoms with E-state index in [0.29, 0.717) is 11.3 Å². The number of carbonyl (C=O) groups excluding carboxylic acids is 2. The summed E-state index contributed by atoms with van der Waals surface area (Å²) in [6, 6.07) is 12.3. The fraction of sp³-hybridized carbons (Fsp3) is 0.222. The lowest BCUT2D eigenvalue weighted by atomic mass is 10.2. The lowest BCUT2D eigenvalue weighted by Gasteiger charge is -2.12. The van der Waals surface area contributed by atoms with Gasteiger partial charge in [0, 0.05) is 5.69 Å². The first-order chi connectivity index (χ1) is 12.5. The standard InChI is InChI=1S/C18H18F2N2O4/c1-2-25-17(24)12-7-9-13(10-8-12)21-11-16(23)22-14-5-3-4-6-15(14)26-18(19)20/h3-10,18,21H,2,11H2,1H3,(H,22,23). The Kier molecular flexibility index (Phi) is 6.90. The molecule has 0 atom stereocenters. The molecule has 26 heavy (non-hydrogen) atoms. The first kappa shape index (κ1) is 19.2. The Bertz CT molecular complexity index is 751.